The number of hydrogen-bond donors (Lipinski definition) is 3. The zero-order valence-electron chi connectivity index (χ0n) is 17.2. The Bertz CT molecular complexity index is 1140. The molecule has 0 radical (unpaired) electrons. The largest absolute Gasteiger partial charge is 0.457 e. The van der Waals surface area contributed by atoms with Crippen LogP contribution in [0.4, 0.5) is 13.2 Å². The monoisotopic (exact) mass is 433 g/mol. The van der Waals surface area contributed by atoms with Crippen molar-refractivity contribution in [1.82, 2.24) is 15.2 Å². The van der Waals surface area contributed by atoms with Gasteiger partial charge in [-0.25, -0.2) is 0 Å². The number of aromatic amines is 1. The summed E-state index contributed by atoms with van der Waals surface area (Å²) in [5.74, 6) is -0.515. The minimum Gasteiger partial charge on any atom is -0.457 e. The molecular formula is C21H22F3N5O2. The quantitative estimate of drug-likeness (QED) is 0.421. The highest BCUT2D eigenvalue weighted by molar-refractivity contribution is 6.04. The van der Waals surface area contributed by atoms with Crippen LogP contribution in [0.5, 0.6) is 11.5 Å². The van der Waals surface area contributed by atoms with Gasteiger partial charge in [0.2, 0.25) is 0 Å². The van der Waals surface area contributed by atoms with Crippen molar-refractivity contribution in [3.8, 4) is 11.5 Å². The molecule has 31 heavy (non-hydrogen) atoms. The molecule has 0 unspecified atom stereocenters. The van der Waals surface area contributed by atoms with Crippen molar-refractivity contribution in [3.63, 3.8) is 0 Å². The summed E-state index contributed by atoms with van der Waals surface area (Å²) in [4.78, 5) is 20.4. The number of halogens is 3. The number of nitrogens with two attached hydrogens (primary N) is 1. The molecule has 0 saturated carbocycles. The van der Waals surface area contributed by atoms with Gasteiger partial charge < -0.3 is 25.7 Å². The number of benzene rings is 2. The number of ether oxygens (including phenoxy) is 1. The molecule has 1 heterocycles. The van der Waals surface area contributed by atoms with E-state index in [0.717, 1.165) is 17.7 Å². The van der Waals surface area contributed by atoms with Crippen LogP contribution in [0.2, 0.25) is 0 Å². The second kappa shape index (κ2) is 8.68. The number of para-hydroxylation sites is 1. The van der Waals surface area contributed by atoms with Crippen molar-refractivity contribution in [1.29, 1.82) is 0 Å². The van der Waals surface area contributed by atoms with Gasteiger partial charge in [-0.1, -0.05) is 18.2 Å². The van der Waals surface area contributed by atoms with Gasteiger partial charge in [-0.3, -0.25) is 4.79 Å². The average Bonchev–Trinajstić information content (AvgIpc) is 3.11. The fourth-order valence-electron chi connectivity index (χ4n) is 3.05. The van der Waals surface area contributed by atoms with E-state index in [9.17, 15) is 18.0 Å². The van der Waals surface area contributed by atoms with E-state index in [1.807, 2.05) is 31.1 Å². The third-order valence-electron chi connectivity index (χ3n) is 4.41. The number of nitrogens with zero attached hydrogens (tertiary/aromatic N) is 2. The number of fused-ring (bicyclic) bond motifs is 1. The number of alkyl halides is 3. The topological polar surface area (TPSA) is 95.7 Å². The Hall–Kier alpha value is -3.53. The van der Waals surface area contributed by atoms with Crippen molar-refractivity contribution < 1.29 is 22.7 Å². The first kappa shape index (κ1) is 22.2. The molecule has 3 aromatic rings. The van der Waals surface area contributed by atoms with Gasteiger partial charge in [-0.2, -0.15) is 18.2 Å². The molecule has 0 saturated heterocycles. The highest BCUT2D eigenvalue weighted by Crippen LogP contribution is 2.39. The van der Waals surface area contributed by atoms with Gasteiger partial charge in [0.15, 0.2) is 5.96 Å². The summed E-state index contributed by atoms with van der Waals surface area (Å²) in [5, 5.41) is 2.32. The van der Waals surface area contributed by atoms with Crippen molar-refractivity contribution in [2.75, 3.05) is 21.1 Å². The zero-order valence-corrected chi connectivity index (χ0v) is 17.2. The molecule has 1 amide bonds. The SMILES string of the molecule is CNC(N)=NC(=O)c1cc2c(C(F)(F)F)cc(Oc3ccccc3CN(C)C)cc2[nH]1. The number of amides is 1. The Kier molecular flexibility index (Phi) is 6.21. The number of aromatic nitrogens is 1. The lowest BCUT2D eigenvalue weighted by Crippen LogP contribution is -2.28. The Balaban J connectivity index is 2.07. The molecule has 0 spiro atoms. The number of hydrogen-bond acceptors (Lipinski definition) is 3. The number of rotatable bonds is 5. The number of nitrogens with one attached hydrogen (secondary N) is 2. The van der Waals surface area contributed by atoms with E-state index in [1.54, 1.807) is 12.1 Å². The molecule has 0 bridgehead atoms. The van der Waals surface area contributed by atoms with Crippen LogP contribution >= 0.6 is 0 Å². The molecular weight excluding hydrogens is 411 g/mol. The van der Waals surface area contributed by atoms with Crippen LogP contribution in [0.25, 0.3) is 10.9 Å². The first-order valence-corrected chi connectivity index (χ1v) is 9.29. The van der Waals surface area contributed by atoms with Crippen LogP contribution in [-0.4, -0.2) is 42.9 Å². The molecule has 0 aliphatic heterocycles. The molecule has 0 aliphatic carbocycles. The number of H-pyrrole nitrogens is 1. The lowest BCUT2D eigenvalue weighted by molar-refractivity contribution is -0.136. The normalized spacial score (nSPS) is 12.4. The van der Waals surface area contributed by atoms with E-state index < -0.39 is 17.6 Å². The Labute approximate surface area is 176 Å². The third-order valence-corrected chi connectivity index (χ3v) is 4.41. The third kappa shape index (κ3) is 5.15. The predicted octanol–water partition coefficient (Wildman–Crippen LogP) is 3.71. The molecule has 164 valence electrons. The number of carbonyl (C=O) groups is 1. The van der Waals surface area contributed by atoms with E-state index in [1.165, 1.54) is 13.1 Å². The molecule has 10 heteroatoms. The van der Waals surface area contributed by atoms with Gasteiger partial charge in [0, 0.05) is 30.6 Å². The fourth-order valence-corrected chi connectivity index (χ4v) is 3.05. The van der Waals surface area contributed by atoms with E-state index in [2.05, 4.69) is 15.3 Å². The van der Waals surface area contributed by atoms with Crippen LogP contribution in [0, 0.1) is 0 Å². The first-order chi connectivity index (χ1) is 14.6. The lowest BCUT2D eigenvalue weighted by atomic mass is 10.1. The second-order valence-corrected chi connectivity index (χ2v) is 7.11. The highest BCUT2D eigenvalue weighted by Gasteiger charge is 2.34. The van der Waals surface area contributed by atoms with Gasteiger partial charge in [0.1, 0.15) is 17.2 Å². The van der Waals surface area contributed by atoms with Gasteiger partial charge in [-0.05, 0) is 32.3 Å². The molecule has 2 aromatic carbocycles. The van der Waals surface area contributed by atoms with E-state index in [0.29, 0.717) is 12.3 Å². The Morgan fingerprint density at radius 3 is 2.58 bits per heavy atom. The molecule has 4 N–H and O–H groups in total. The molecule has 0 aliphatic rings. The first-order valence-electron chi connectivity index (χ1n) is 9.29. The summed E-state index contributed by atoms with van der Waals surface area (Å²) in [7, 11) is 5.23. The standard InChI is InChI=1S/C21H22F3N5O2/c1-26-20(25)28-19(30)17-10-14-15(21(22,23)24)8-13(9-16(14)27-17)31-18-7-5-4-6-12(18)11-29(2)3/h4-10,27H,11H2,1-3H3,(H3,25,26,28,30). The van der Waals surface area contributed by atoms with E-state index in [-0.39, 0.29) is 28.3 Å². The van der Waals surface area contributed by atoms with Gasteiger partial charge in [0.05, 0.1) is 11.1 Å². The van der Waals surface area contributed by atoms with Crippen LogP contribution in [0.1, 0.15) is 21.6 Å². The summed E-state index contributed by atoms with van der Waals surface area (Å²) >= 11 is 0. The molecule has 7 nitrogen and oxygen atoms in total. The van der Waals surface area contributed by atoms with Gasteiger partial charge >= 0.3 is 6.18 Å². The van der Waals surface area contributed by atoms with Gasteiger partial charge in [-0.15, -0.1) is 0 Å². The lowest BCUT2D eigenvalue weighted by Gasteiger charge is -2.16. The van der Waals surface area contributed by atoms with Crippen LogP contribution in [0.3, 0.4) is 0 Å². The Morgan fingerprint density at radius 2 is 1.94 bits per heavy atom. The highest BCUT2D eigenvalue weighted by atomic mass is 19.4. The van der Waals surface area contributed by atoms with E-state index >= 15 is 0 Å². The smallest absolute Gasteiger partial charge is 0.417 e. The maximum atomic E-state index is 13.7. The average molecular weight is 433 g/mol. The number of carbonyl (C=O) groups excluding carboxylic acids is 1. The zero-order chi connectivity index (χ0) is 22.8. The number of guanidine groups is 1. The van der Waals surface area contributed by atoms with Crippen molar-refractivity contribution in [3.05, 3.63) is 59.3 Å². The van der Waals surface area contributed by atoms with E-state index in [4.69, 9.17) is 10.5 Å². The Morgan fingerprint density at radius 1 is 1.23 bits per heavy atom. The summed E-state index contributed by atoms with van der Waals surface area (Å²) in [6.07, 6.45) is -4.66. The molecule has 1 aromatic heterocycles. The van der Waals surface area contributed by atoms with Crippen LogP contribution in [-0.2, 0) is 12.7 Å². The van der Waals surface area contributed by atoms with Gasteiger partial charge in [0.25, 0.3) is 5.91 Å². The van der Waals surface area contributed by atoms with Crippen LogP contribution < -0.4 is 15.8 Å². The second-order valence-electron chi connectivity index (χ2n) is 7.11. The minimum atomic E-state index is -4.66. The number of aliphatic imine (C=N–C) groups is 1. The van der Waals surface area contributed by atoms with Crippen molar-refractivity contribution >= 4 is 22.8 Å². The molecule has 0 fully saturated rings. The maximum absolute atomic E-state index is 13.7. The summed E-state index contributed by atoms with van der Waals surface area (Å²) < 4.78 is 47.1. The summed E-state index contributed by atoms with van der Waals surface area (Å²) in [6.45, 7) is 0.552. The predicted molar refractivity (Wildman–Crippen MR) is 112 cm³/mol. The molecule has 0 atom stereocenters. The van der Waals surface area contributed by atoms with Crippen molar-refractivity contribution in [2.45, 2.75) is 12.7 Å². The molecule has 3 rings (SSSR count). The van der Waals surface area contributed by atoms with Crippen molar-refractivity contribution in [2.24, 2.45) is 10.7 Å². The van der Waals surface area contributed by atoms with Crippen LogP contribution in [0.15, 0.2) is 47.5 Å². The fraction of sp³-hybridized carbons (Fsp3) is 0.238. The minimum absolute atomic E-state index is 0.00915. The maximum Gasteiger partial charge on any atom is 0.417 e. The summed E-state index contributed by atoms with van der Waals surface area (Å²) in [6, 6.07) is 10.5. The summed E-state index contributed by atoms with van der Waals surface area (Å²) in [5.41, 5.74) is 5.33.